The van der Waals surface area contributed by atoms with Gasteiger partial charge >= 0.3 is 0 Å². The number of carbonyl (C=O) groups excluding carboxylic acids is 1. The van der Waals surface area contributed by atoms with Gasteiger partial charge in [-0.25, -0.2) is 0 Å². The monoisotopic (exact) mass is 276 g/mol. The average Bonchev–Trinajstić information content (AvgIpc) is 2.40. The lowest BCUT2D eigenvalue weighted by Crippen LogP contribution is -2.12. The van der Waals surface area contributed by atoms with Crippen molar-refractivity contribution in [1.29, 1.82) is 0 Å². The van der Waals surface area contributed by atoms with E-state index in [1.54, 1.807) is 43.5 Å². The molecule has 19 heavy (non-hydrogen) atoms. The molecule has 0 unspecified atom stereocenters. The van der Waals surface area contributed by atoms with Crippen LogP contribution in [0.2, 0.25) is 5.02 Å². The van der Waals surface area contributed by atoms with Gasteiger partial charge in [0.25, 0.3) is 5.91 Å². The third-order valence-electron chi connectivity index (χ3n) is 2.46. The lowest BCUT2D eigenvalue weighted by atomic mass is 10.2. The number of anilines is 1. The van der Waals surface area contributed by atoms with Crippen molar-refractivity contribution in [3.05, 3.63) is 58.9 Å². The van der Waals surface area contributed by atoms with Gasteiger partial charge in [-0.05, 0) is 30.3 Å². The Morgan fingerprint density at radius 1 is 1.37 bits per heavy atom. The highest BCUT2D eigenvalue weighted by atomic mass is 35.5. The Kier molecular flexibility index (Phi) is 4.49. The Morgan fingerprint density at radius 3 is 2.84 bits per heavy atom. The lowest BCUT2D eigenvalue weighted by Gasteiger charge is -2.06. The molecule has 0 saturated heterocycles. The molecule has 1 aromatic carbocycles. The van der Waals surface area contributed by atoms with E-state index < -0.39 is 0 Å². The molecule has 0 aliphatic carbocycles. The minimum atomic E-state index is -0.223. The van der Waals surface area contributed by atoms with Gasteiger partial charge in [-0.3, -0.25) is 9.78 Å². The summed E-state index contributed by atoms with van der Waals surface area (Å²) in [7, 11) is 1.60. The Balaban J connectivity index is 2.07. The number of carbonyl (C=O) groups is 1. The van der Waals surface area contributed by atoms with Crippen molar-refractivity contribution in [2.45, 2.75) is 6.61 Å². The largest absolute Gasteiger partial charge is 0.378 e. The summed E-state index contributed by atoms with van der Waals surface area (Å²) in [4.78, 5) is 16.1. The van der Waals surface area contributed by atoms with Crippen LogP contribution in [0.25, 0.3) is 0 Å². The summed E-state index contributed by atoms with van der Waals surface area (Å²) in [6.45, 7) is 0.427. The van der Waals surface area contributed by atoms with Gasteiger partial charge in [0.1, 0.15) is 0 Å². The number of aromatic nitrogens is 1. The topological polar surface area (TPSA) is 51.2 Å². The first-order valence-corrected chi connectivity index (χ1v) is 6.07. The summed E-state index contributed by atoms with van der Waals surface area (Å²) in [5, 5.41) is 3.33. The Hall–Kier alpha value is -1.91. The van der Waals surface area contributed by atoms with E-state index in [-0.39, 0.29) is 5.91 Å². The zero-order valence-electron chi connectivity index (χ0n) is 10.4. The van der Waals surface area contributed by atoms with Crippen LogP contribution in [0.3, 0.4) is 0 Å². The SMILES string of the molecule is COCc1ccc(C(=O)Nc2cccc(Cl)c2)cn1. The average molecular weight is 277 g/mol. The molecule has 0 atom stereocenters. The lowest BCUT2D eigenvalue weighted by molar-refractivity contribution is 0.102. The van der Waals surface area contributed by atoms with E-state index in [0.29, 0.717) is 22.9 Å². The van der Waals surface area contributed by atoms with Gasteiger partial charge in [0.05, 0.1) is 17.9 Å². The number of halogens is 1. The normalized spacial score (nSPS) is 10.2. The van der Waals surface area contributed by atoms with Gasteiger partial charge in [0, 0.05) is 24.0 Å². The smallest absolute Gasteiger partial charge is 0.257 e. The molecule has 0 fully saturated rings. The summed E-state index contributed by atoms with van der Waals surface area (Å²) >= 11 is 5.85. The number of hydrogen-bond acceptors (Lipinski definition) is 3. The highest BCUT2D eigenvalue weighted by Crippen LogP contribution is 2.15. The Bertz CT molecular complexity index is 570. The summed E-state index contributed by atoms with van der Waals surface area (Å²) in [6.07, 6.45) is 1.52. The van der Waals surface area contributed by atoms with Crippen LogP contribution in [-0.2, 0) is 11.3 Å². The second kappa shape index (κ2) is 6.31. The number of rotatable bonds is 4. The van der Waals surface area contributed by atoms with Crippen molar-refractivity contribution >= 4 is 23.2 Å². The van der Waals surface area contributed by atoms with E-state index in [1.165, 1.54) is 6.20 Å². The minimum Gasteiger partial charge on any atom is -0.378 e. The highest BCUT2D eigenvalue weighted by Gasteiger charge is 2.07. The molecule has 4 nitrogen and oxygen atoms in total. The van der Waals surface area contributed by atoms with Gasteiger partial charge in [-0.1, -0.05) is 17.7 Å². The molecule has 2 aromatic rings. The van der Waals surface area contributed by atoms with E-state index in [2.05, 4.69) is 10.3 Å². The molecular formula is C14H13ClN2O2. The van der Waals surface area contributed by atoms with Crippen LogP contribution in [0.5, 0.6) is 0 Å². The molecule has 5 heteroatoms. The molecule has 0 saturated carbocycles. The number of nitrogens with zero attached hydrogens (tertiary/aromatic N) is 1. The van der Waals surface area contributed by atoms with Gasteiger partial charge in [-0.2, -0.15) is 0 Å². The maximum absolute atomic E-state index is 12.0. The van der Waals surface area contributed by atoms with Gasteiger partial charge in [0.2, 0.25) is 0 Å². The first kappa shape index (κ1) is 13.5. The number of ether oxygens (including phenoxy) is 1. The molecule has 0 bridgehead atoms. The molecule has 1 N–H and O–H groups in total. The van der Waals surface area contributed by atoms with Crippen LogP contribution in [0.4, 0.5) is 5.69 Å². The Morgan fingerprint density at radius 2 is 2.21 bits per heavy atom. The molecule has 1 heterocycles. The number of benzene rings is 1. The third-order valence-corrected chi connectivity index (χ3v) is 2.70. The second-order valence-electron chi connectivity index (χ2n) is 3.94. The molecule has 98 valence electrons. The zero-order chi connectivity index (χ0) is 13.7. The number of amides is 1. The molecular weight excluding hydrogens is 264 g/mol. The van der Waals surface area contributed by atoms with Gasteiger partial charge in [0.15, 0.2) is 0 Å². The van der Waals surface area contributed by atoms with Crippen molar-refractivity contribution in [2.24, 2.45) is 0 Å². The molecule has 0 aliphatic rings. The van der Waals surface area contributed by atoms with Crippen LogP contribution in [-0.4, -0.2) is 18.0 Å². The Labute approximate surface area is 116 Å². The van der Waals surface area contributed by atoms with Crippen molar-refractivity contribution < 1.29 is 9.53 Å². The summed E-state index contributed by atoms with van der Waals surface area (Å²) in [6, 6.07) is 10.5. The van der Waals surface area contributed by atoms with Crippen LogP contribution in [0, 0.1) is 0 Å². The predicted molar refractivity (Wildman–Crippen MR) is 74.4 cm³/mol. The van der Waals surface area contributed by atoms with Crippen molar-refractivity contribution in [2.75, 3.05) is 12.4 Å². The summed E-state index contributed by atoms with van der Waals surface area (Å²) < 4.78 is 4.96. The first-order valence-electron chi connectivity index (χ1n) is 5.70. The number of nitrogens with one attached hydrogen (secondary N) is 1. The third kappa shape index (κ3) is 3.77. The van der Waals surface area contributed by atoms with Crippen LogP contribution >= 0.6 is 11.6 Å². The fourth-order valence-electron chi connectivity index (χ4n) is 1.56. The van der Waals surface area contributed by atoms with E-state index >= 15 is 0 Å². The minimum absolute atomic E-state index is 0.223. The number of methoxy groups -OCH3 is 1. The van der Waals surface area contributed by atoms with Crippen molar-refractivity contribution in [3.8, 4) is 0 Å². The van der Waals surface area contributed by atoms with Gasteiger partial charge in [-0.15, -0.1) is 0 Å². The zero-order valence-corrected chi connectivity index (χ0v) is 11.1. The van der Waals surface area contributed by atoms with Crippen LogP contribution < -0.4 is 5.32 Å². The fourth-order valence-corrected chi connectivity index (χ4v) is 1.75. The second-order valence-corrected chi connectivity index (χ2v) is 4.37. The van der Waals surface area contributed by atoms with Crippen molar-refractivity contribution in [1.82, 2.24) is 4.98 Å². The molecule has 1 amide bonds. The van der Waals surface area contributed by atoms with E-state index in [4.69, 9.17) is 16.3 Å². The van der Waals surface area contributed by atoms with Crippen molar-refractivity contribution in [3.63, 3.8) is 0 Å². The quantitative estimate of drug-likeness (QED) is 0.933. The van der Waals surface area contributed by atoms with Crippen LogP contribution in [0.15, 0.2) is 42.6 Å². The highest BCUT2D eigenvalue weighted by molar-refractivity contribution is 6.30. The maximum atomic E-state index is 12.0. The standard InChI is InChI=1S/C14H13ClN2O2/c1-19-9-13-6-5-10(8-16-13)14(18)17-12-4-2-3-11(15)7-12/h2-8H,9H2,1H3,(H,17,18). The molecule has 0 radical (unpaired) electrons. The maximum Gasteiger partial charge on any atom is 0.257 e. The summed E-state index contributed by atoms with van der Waals surface area (Å²) in [5.74, 6) is -0.223. The predicted octanol–water partition coefficient (Wildman–Crippen LogP) is 3.13. The van der Waals surface area contributed by atoms with E-state index in [0.717, 1.165) is 5.69 Å². The molecule has 1 aromatic heterocycles. The van der Waals surface area contributed by atoms with Crippen LogP contribution in [0.1, 0.15) is 16.1 Å². The van der Waals surface area contributed by atoms with E-state index in [9.17, 15) is 4.79 Å². The first-order chi connectivity index (χ1) is 9.19. The van der Waals surface area contributed by atoms with E-state index in [1.807, 2.05) is 0 Å². The molecule has 0 spiro atoms. The molecule has 2 rings (SSSR count). The van der Waals surface area contributed by atoms with Gasteiger partial charge < -0.3 is 10.1 Å². The number of hydrogen-bond donors (Lipinski definition) is 1. The fraction of sp³-hybridized carbons (Fsp3) is 0.143. The molecule has 0 aliphatic heterocycles. The number of pyridine rings is 1. The summed E-state index contributed by atoms with van der Waals surface area (Å²) in [5.41, 5.74) is 1.92.